The lowest BCUT2D eigenvalue weighted by Crippen LogP contribution is -2.25. The van der Waals surface area contributed by atoms with Crippen molar-refractivity contribution in [3.05, 3.63) is 76.5 Å². The number of methoxy groups -OCH3 is 1. The zero-order valence-electron chi connectivity index (χ0n) is 14.1. The van der Waals surface area contributed by atoms with E-state index in [0.29, 0.717) is 6.61 Å². The highest BCUT2D eigenvalue weighted by Crippen LogP contribution is 2.35. The number of hydrogen-bond donors (Lipinski definition) is 0. The number of pyridine rings is 1. The van der Waals surface area contributed by atoms with Crippen molar-refractivity contribution in [2.45, 2.75) is 12.5 Å². The van der Waals surface area contributed by atoms with E-state index in [0.717, 1.165) is 21.9 Å². The molecule has 0 fully saturated rings. The van der Waals surface area contributed by atoms with Gasteiger partial charge in [0.2, 0.25) is 0 Å². The minimum Gasteiger partial charge on any atom is -0.481 e. The second-order valence-electron chi connectivity index (χ2n) is 5.43. The van der Waals surface area contributed by atoms with Gasteiger partial charge in [0.05, 0.1) is 0 Å². The summed E-state index contributed by atoms with van der Waals surface area (Å²) < 4.78 is 11.5. The molecule has 0 amide bonds. The molecule has 2 aromatic heterocycles. The Balaban J connectivity index is 1.73. The number of thiazole rings is 1. The Labute approximate surface area is 151 Å². The molecular formula is C20H18N2O2S. The van der Waals surface area contributed by atoms with Crippen LogP contribution in [0.1, 0.15) is 23.1 Å². The van der Waals surface area contributed by atoms with Crippen LogP contribution in [0, 0.1) is 11.8 Å². The van der Waals surface area contributed by atoms with Gasteiger partial charge in [-0.05, 0) is 36.8 Å². The molecule has 0 aliphatic heterocycles. The van der Waals surface area contributed by atoms with E-state index in [2.05, 4.69) is 21.8 Å². The summed E-state index contributed by atoms with van der Waals surface area (Å²) >= 11 is 1.57. The second kappa shape index (κ2) is 7.93. The number of ether oxygens (including phenoxy) is 2. The monoisotopic (exact) mass is 350 g/mol. The summed E-state index contributed by atoms with van der Waals surface area (Å²) in [4.78, 5) is 8.43. The zero-order valence-corrected chi connectivity index (χ0v) is 14.9. The average molecular weight is 350 g/mol. The average Bonchev–Trinajstić information content (AvgIpc) is 3.21. The molecule has 0 saturated heterocycles. The molecule has 0 aliphatic carbocycles. The number of nitrogens with zero attached hydrogens (tertiary/aromatic N) is 2. The predicted octanol–water partition coefficient (Wildman–Crippen LogP) is 3.88. The fourth-order valence-electron chi connectivity index (χ4n) is 2.36. The van der Waals surface area contributed by atoms with Gasteiger partial charge in [-0.15, -0.1) is 11.3 Å². The lowest BCUT2D eigenvalue weighted by molar-refractivity contribution is 0.0387. The quantitative estimate of drug-likeness (QED) is 0.655. The SMILES string of the molecule is COC(C)(c1cccc(OCC#Cc2cccnc2)c1)c1nccs1. The van der Waals surface area contributed by atoms with Crippen molar-refractivity contribution in [3.63, 3.8) is 0 Å². The normalized spacial score (nSPS) is 12.7. The molecule has 1 unspecified atom stereocenters. The van der Waals surface area contributed by atoms with Gasteiger partial charge in [-0.2, -0.15) is 0 Å². The Hall–Kier alpha value is -2.68. The van der Waals surface area contributed by atoms with Gasteiger partial charge in [0.15, 0.2) is 0 Å². The predicted molar refractivity (Wildman–Crippen MR) is 98.6 cm³/mol. The van der Waals surface area contributed by atoms with Crippen molar-refractivity contribution in [1.82, 2.24) is 9.97 Å². The van der Waals surface area contributed by atoms with Crippen LogP contribution < -0.4 is 4.74 Å². The lowest BCUT2D eigenvalue weighted by atomic mass is 9.96. The number of benzene rings is 1. The summed E-state index contributed by atoms with van der Waals surface area (Å²) in [6.07, 6.45) is 5.24. The molecule has 25 heavy (non-hydrogen) atoms. The van der Waals surface area contributed by atoms with Gasteiger partial charge < -0.3 is 9.47 Å². The topological polar surface area (TPSA) is 44.2 Å². The highest BCUT2D eigenvalue weighted by Gasteiger charge is 2.31. The second-order valence-corrected chi connectivity index (χ2v) is 6.33. The molecule has 126 valence electrons. The van der Waals surface area contributed by atoms with E-state index in [9.17, 15) is 0 Å². The largest absolute Gasteiger partial charge is 0.481 e. The fourth-order valence-corrected chi connectivity index (χ4v) is 3.16. The molecule has 0 bridgehead atoms. The summed E-state index contributed by atoms with van der Waals surface area (Å²) in [5.41, 5.74) is 1.26. The molecule has 0 aliphatic rings. The van der Waals surface area contributed by atoms with Gasteiger partial charge in [0.1, 0.15) is 23.0 Å². The van der Waals surface area contributed by atoms with Gasteiger partial charge >= 0.3 is 0 Å². The van der Waals surface area contributed by atoms with Gasteiger partial charge in [0.25, 0.3) is 0 Å². The molecule has 3 rings (SSSR count). The Morgan fingerprint density at radius 1 is 1.20 bits per heavy atom. The Morgan fingerprint density at radius 3 is 2.84 bits per heavy atom. The van der Waals surface area contributed by atoms with E-state index in [4.69, 9.17) is 9.47 Å². The first-order chi connectivity index (χ1) is 12.2. The lowest BCUT2D eigenvalue weighted by Gasteiger charge is -2.26. The maximum Gasteiger partial charge on any atom is 0.149 e. The molecule has 0 spiro atoms. The summed E-state index contributed by atoms with van der Waals surface area (Å²) in [6.45, 7) is 2.31. The van der Waals surface area contributed by atoms with Crippen molar-refractivity contribution >= 4 is 11.3 Å². The van der Waals surface area contributed by atoms with Gasteiger partial charge in [-0.3, -0.25) is 4.98 Å². The van der Waals surface area contributed by atoms with E-state index in [1.165, 1.54) is 0 Å². The van der Waals surface area contributed by atoms with Crippen LogP contribution in [-0.2, 0) is 10.3 Å². The Kier molecular flexibility index (Phi) is 5.44. The van der Waals surface area contributed by atoms with E-state index >= 15 is 0 Å². The third kappa shape index (κ3) is 4.05. The molecule has 1 aromatic carbocycles. The van der Waals surface area contributed by atoms with Crippen LogP contribution in [0.25, 0.3) is 0 Å². The molecule has 0 radical (unpaired) electrons. The zero-order chi connectivity index (χ0) is 17.5. The van der Waals surface area contributed by atoms with Crippen molar-refractivity contribution in [2.24, 2.45) is 0 Å². The van der Waals surface area contributed by atoms with Crippen LogP contribution in [-0.4, -0.2) is 23.7 Å². The van der Waals surface area contributed by atoms with E-state index in [1.54, 1.807) is 37.0 Å². The molecule has 1 atom stereocenters. The van der Waals surface area contributed by atoms with Crippen LogP contribution in [0.4, 0.5) is 0 Å². The molecule has 3 aromatic rings. The first kappa shape index (κ1) is 17.2. The standard InChI is InChI=1S/C20H18N2O2S/c1-20(23-2,19-22-11-13-25-19)17-8-3-9-18(14-17)24-12-5-7-16-6-4-10-21-15-16/h3-4,6,8-11,13-15H,12H2,1-2H3. The minimum absolute atomic E-state index is 0.305. The maximum atomic E-state index is 5.76. The van der Waals surface area contributed by atoms with E-state index < -0.39 is 5.60 Å². The smallest absolute Gasteiger partial charge is 0.149 e. The van der Waals surface area contributed by atoms with Crippen LogP contribution >= 0.6 is 11.3 Å². The Morgan fingerprint density at radius 2 is 2.12 bits per heavy atom. The minimum atomic E-state index is -0.602. The molecule has 0 N–H and O–H groups in total. The van der Waals surface area contributed by atoms with Gasteiger partial charge in [-0.1, -0.05) is 24.0 Å². The van der Waals surface area contributed by atoms with Crippen molar-refractivity contribution in [2.75, 3.05) is 13.7 Å². The first-order valence-corrected chi connectivity index (χ1v) is 8.68. The summed E-state index contributed by atoms with van der Waals surface area (Å²) in [5, 5.41) is 2.85. The third-order valence-electron chi connectivity index (χ3n) is 3.84. The molecule has 4 nitrogen and oxygen atoms in total. The number of hydrogen-bond acceptors (Lipinski definition) is 5. The fraction of sp³-hybridized carbons (Fsp3) is 0.200. The van der Waals surface area contributed by atoms with E-state index in [1.807, 2.05) is 48.7 Å². The highest BCUT2D eigenvalue weighted by atomic mass is 32.1. The number of rotatable bonds is 5. The van der Waals surface area contributed by atoms with Crippen LogP contribution in [0.15, 0.2) is 60.4 Å². The van der Waals surface area contributed by atoms with Crippen molar-refractivity contribution < 1.29 is 9.47 Å². The van der Waals surface area contributed by atoms with Crippen LogP contribution in [0.2, 0.25) is 0 Å². The Bertz CT molecular complexity index is 869. The van der Waals surface area contributed by atoms with Crippen molar-refractivity contribution in [1.29, 1.82) is 0 Å². The third-order valence-corrected chi connectivity index (χ3v) is 4.81. The molecular weight excluding hydrogens is 332 g/mol. The van der Waals surface area contributed by atoms with Gasteiger partial charge in [0, 0.05) is 36.6 Å². The molecule has 0 saturated carbocycles. The van der Waals surface area contributed by atoms with Crippen molar-refractivity contribution in [3.8, 4) is 17.6 Å². The van der Waals surface area contributed by atoms with Gasteiger partial charge in [-0.25, -0.2) is 4.98 Å². The first-order valence-electron chi connectivity index (χ1n) is 7.80. The summed E-state index contributed by atoms with van der Waals surface area (Å²) in [6, 6.07) is 11.6. The van der Waals surface area contributed by atoms with Crippen LogP contribution in [0.5, 0.6) is 5.75 Å². The van der Waals surface area contributed by atoms with Crippen LogP contribution in [0.3, 0.4) is 0 Å². The summed E-state index contributed by atoms with van der Waals surface area (Å²) in [7, 11) is 1.69. The highest BCUT2D eigenvalue weighted by molar-refractivity contribution is 7.09. The molecule has 5 heteroatoms. The molecule has 2 heterocycles. The summed E-state index contributed by atoms with van der Waals surface area (Å²) in [5.74, 6) is 6.77. The number of aromatic nitrogens is 2. The van der Waals surface area contributed by atoms with E-state index in [-0.39, 0.29) is 0 Å². The maximum absolute atomic E-state index is 5.76.